The molecule has 4 heteroatoms. The fourth-order valence-corrected chi connectivity index (χ4v) is 1.79. The van der Waals surface area contributed by atoms with Crippen LogP contribution in [-0.2, 0) is 6.54 Å². The molecule has 0 saturated heterocycles. The fourth-order valence-electron chi connectivity index (χ4n) is 1.79. The van der Waals surface area contributed by atoms with Gasteiger partial charge in [-0.1, -0.05) is 12.1 Å². The predicted molar refractivity (Wildman–Crippen MR) is 71.6 cm³/mol. The van der Waals surface area contributed by atoms with Gasteiger partial charge in [-0.05, 0) is 37.1 Å². The Morgan fingerprint density at radius 2 is 2.00 bits per heavy atom. The van der Waals surface area contributed by atoms with Gasteiger partial charge < -0.3 is 15.0 Å². The molecule has 18 heavy (non-hydrogen) atoms. The van der Waals surface area contributed by atoms with E-state index in [1.807, 2.05) is 10.8 Å². The molecule has 2 N–H and O–H groups in total. The smallest absolute Gasteiger partial charge is 0.0991 e. The molecule has 0 amide bonds. The molecule has 0 aliphatic heterocycles. The molecule has 0 atom stereocenters. The number of hydrogen-bond acceptors (Lipinski definition) is 3. The van der Waals surface area contributed by atoms with Crippen LogP contribution in [0.5, 0.6) is 0 Å². The molecule has 0 aliphatic carbocycles. The van der Waals surface area contributed by atoms with Crippen LogP contribution in [-0.4, -0.2) is 27.8 Å². The number of aliphatic hydroxyl groups is 1. The molecular formula is C14H19N3O. The van der Waals surface area contributed by atoms with Gasteiger partial charge in [0.25, 0.3) is 0 Å². The van der Waals surface area contributed by atoms with E-state index < -0.39 is 0 Å². The second kappa shape index (κ2) is 6.93. The molecule has 2 rings (SSSR count). The lowest BCUT2D eigenvalue weighted by Crippen LogP contribution is -2.14. The molecule has 1 heterocycles. The number of rotatable bonds is 7. The molecule has 0 spiro atoms. The average molecular weight is 245 g/mol. The van der Waals surface area contributed by atoms with Crippen LogP contribution >= 0.6 is 0 Å². The molecule has 2 aromatic rings. The molecular weight excluding hydrogens is 226 g/mol. The summed E-state index contributed by atoms with van der Waals surface area (Å²) in [5.74, 6) is 0. The molecule has 0 aliphatic rings. The van der Waals surface area contributed by atoms with Gasteiger partial charge in [0.05, 0.1) is 6.33 Å². The number of aromatic nitrogens is 2. The largest absolute Gasteiger partial charge is 0.396 e. The van der Waals surface area contributed by atoms with Gasteiger partial charge in [-0.2, -0.15) is 0 Å². The van der Waals surface area contributed by atoms with Gasteiger partial charge in [-0.15, -0.1) is 0 Å². The zero-order valence-corrected chi connectivity index (χ0v) is 10.4. The Morgan fingerprint density at radius 1 is 1.17 bits per heavy atom. The maximum absolute atomic E-state index is 8.67. The zero-order valence-electron chi connectivity index (χ0n) is 10.4. The number of unbranched alkanes of at least 4 members (excludes halogenated alkanes) is 1. The first kappa shape index (κ1) is 12.8. The van der Waals surface area contributed by atoms with Crippen LogP contribution in [0.1, 0.15) is 18.4 Å². The van der Waals surface area contributed by atoms with Gasteiger partial charge >= 0.3 is 0 Å². The monoisotopic (exact) mass is 245 g/mol. The summed E-state index contributed by atoms with van der Waals surface area (Å²) in [6, 6.07) is 8.42. The van der Waals surface area contributed by atoms with Crippen molar-refractivity contribution in [3.05, 3.63) is 48.5 Å². The lowest BCUT2D eigenvalue weighted by molar-refractivity contribution is 0.283. The van der Waals surface area contributed by atoms with Crippen LogP contribution in [0.15, 0.2) is 43.0 Å². The first-order valence-corrected chi connectivity index (χ1v) is 6.29. The number of nitrogens with one attached hydrogen (secondary N) is 1. The maximum Gasteiger partial charge on any atom is 0.0991 e. The summed E-state index contributed by atoms with van der Waals surface area (Å²) in [5, 5.41) is 12.0. The molecule has 0 unspecified atom stereocenters. The van der Waals surface area contributed by atoms with E-state index in [4.69, 9.17) is 5.11 Å². The van der Waals surface area contributed by atoms with Gasteiger partial charge in [0.1, 0.15) is 0 Å². The Balaban J connectivity index is 1.81. The van der Waals surface area contributed by atoms with Crippen molar-refractivity contribution in [3.63, 3.8) is 0 Å². The first-order chi connectivity index (χ1) is 8.90. The summed E-state index contributed by atoms with van der Waals surface area (Å²) in [5.41, 5.74) is 2.39. The highest BCUT2D eigenvalue weighted by molar-refractivity contribution is 5.34. The van der Waals surface area contributed by atoms with E-state index in [2.05, 4.69) is 34.6 Å². The second-order valence-electron chi connectivity index (χ2n) is 4.24. The van der Waals surface area contributed by atoms with Gasteiger partial charge in [0, 0.05) is 31.2 Å². The van der Waals surface area contributed by atoms with Crippen molar-refractivity contribution in [2.24, 2.45) is 0 Å². The summed E-state index contributed by atoms with van der Waals surface area (Å²) in [7, 11) is 0. The number of imidazole rings is 1. The van der Waals surface area contributed by atoms with E-state index in [0.717, 1.165) is 31.6 Å². The minimum atomic E-state index is 0.279. The summed E-state index contributed by atoms with van der Waals surface area (Å²) < 4.78 is 1.98. The Morgan fingerprint density at radius 3 is 2.67 bits per heavy atom. The Hall–Kier alpha value is -1.65. The van der Waals surface area contributed by atoms with E-state index in [1.54, 1.807) is 12.5 Å². The summed E-state index contributed by atoms with van der Waals surface area (Å²) in [6.45, 7) is 2.10. The van der Waals surface area contributed by atoms with Crippen molar-refractivity contribution in [1.29, 1.82) is 0 Å². The van der Waals surface area contributed by atoms with Crippen molar-refractivity contribution in [1.82, 2.24) is 14.9 Å². The normalized spacial score (nSPS) is 10.7. The van der Waals surface area contributed by atoms with E-state index >= 15 is 0 Å². The van der Waals surface area contributed by atoms with E-state index in [0.29, 0.717) is 0 Å². The van der Waals surface area contributed by atoms with Gasteiger partial charge in [0.2, 0.25) is 0 Å². The first-order valence-electron chi connectivity index (χ1n) is 6.29. The number of benzene rings is 1. The van der Waals surface area contributed by atoms with Crippen LogP contribution in [0.25, 0.3) is 5.69 Å². The van der Waals surface area contributed by atoms with Crippen LogP contribution in [0, 0.1) is 0 Å². The summed E-state index contributed by atoms with van der Waals surface area (Å²) in [6.07, 6.45) is 7.39. The zero-order chi connectivity index (χ0) is 12.6. The van der Waals surface area contributed by atoms with Crippen LogP contribution < -0.4 is 5.32 Å². The minimum Gasteiger partial charge on any atom is -0.396 e. The highest BCUT2D eigenvalue weighted by Gasteiger charge is 1.96. The Labute approximate surface area is 107 Å². The van der Waals surface area contributed by atoms with Crippen molar-refractivity contribution in [2.45, 2.75) is 19.4 Å². The number of aliphatic hydroxyl groups excluding tert-OH is 1. The second-order valence-corrected chi connectivity index (χ2v) is 4.24. The van der Waals surface area contributed by atoms with Crippen LogP contribution in [0.3, 0.4) is 0 Å². The summed E-state index contributed by atoms with van der Waals surface area (Å²) >= 11 is 0. The van der Waals surface area contributed by atoms with Crippen molar-refractivity contribution >= 4 is 0 Å². The highest BCUT2D eigenvalue weighted by atomic mass is 16.2. The van der Waals surface area contributed by atoms with Crippen molar-refractivity contribution in [2.75, 3.05) is 13.2 Å². The molecule has 1 aromatic carbocycles. The van der Waals surface area contributed by atoms with Gasteiger partial charge in [0.15, 0.2) is 0 Å². The number of hydrogen-bond donors (Lipinski definition) is 2. The van der Waals surface area contributed by atoms with Gasteiger partial charge in [-0.25, -0.2) is 4.98 Å². The van der Waals surface area contributed by atoms with Crippen LogP contribution in [0.4, 0.5) is 0 Å². The predicted octanol–water partition coefficient (Wildman–Crippen LogP) is 1.73. The Kier molecular flexibility index (Phi) is 4.93. The summed E-state index contributed by atoms with van der Waals surface area (Å²) in [4.78, 5) is 4.03. The topological polar surface area (TPSA) is 50.1 Å². The highest BCUT2D eigenvalue weighted by Crippen LogP contribution is 2.09. The SMILES string of the molecule is OCCCCNCc1ccc(-n2ccnc2)cc1. The average Bonchev–Trinajstić information content (AvgIpc) is 2.93. The fraction of sp³-hybridized carbons (Fsp3) is 0.357. The molecule has 0 fully saturated rings. The number of nitrogens with zero attached hydrogens (tertiary/aromatic N) is 2. The lowest BCUT2D eigenvalue weighted by Gasteiger charge is -2.06. The van der Waals surface area contributed by atoms with E-state index in [9.17, 15) is 0 Å². The molecule has 96 valence electrons. The van der Waals surface area contributed by atoms with Crippen LogP contribution in [0.2, 0.25) is 0 Å². The van der Waals surface area contributed by atoms with Gasteiger partial charge in [-0.3, -0.25) is 0 Å². The van der Waals surface area contributed by atoms with E-state index in [1.165, 1.54) is 5.56 Å². The molecule has 0 saturated carbocycles. The molecule has 4 nitrogen and oxygen atoms in total. The van der Waals surface area contributed by atoms with Crippen molar-refractivity contribution < 1.29 is 5.11 Å². The molecule has 0 bridgehead atoms. The standard InChI is InChI=1S/C14H19N3O/c18-10-2-1-7-15-11-13-3-5-14(6-4-13)17-9-8-16-12-17/h3-6,8-9,12,15,18H,1-2,7,10-11H2. The van der Waals surface area contributed by atoms with E-state index in [-0.39, 0.29) is 6.61 Å². The van der Waals surface area contributed by atoms with Crippen molar-refractivity contribution in [3.8, 4) is 5.69 Å². The minimum absolute atomic E-state index is 0.279. The maximum atomic E-state index is 8.67. The molecule has 1 aromatic heterocycles. The third kappa shape index (κ3) is 3.68. The molecule has 0 radical (unpaired) electrons. The Bertz CT molecular complexity index is 437. The quantitative estimate of drug-likeness (QED) is 0.730. The lowest BCUT2D eigenvalue weighted by atomic mass is 10.2. The third-order valence-corrected chi connectivity index (χ3v) is 2.83. The third-order valence-electron chi connectivity index (χ3n) is 2.83.